The maximum Gasteiger partial charge on any atom is 0.413 e. The molecule has 0 spiro atoms. The highest BCUT2D eigenvalue weighted by atomic mass is 32.1. The second-order valence-corrected chi connectivity index (χ2v) is 5.48. The smallest absolute Gasteiger partial charge is 0.413 e. The molecule has 0 unspecified atom stereocenters. The summed E-state index contributed by atoms with van der Waals surface area (Å²) in [6, 6.07) is 7.60. The minimum atomic E-state index is -1.12. The van der Waals surface area contributed by atoms with Crippen LogP contribution in [0.25, 0.3) is 16.3 Å². The fraction of sp³-hybridized carbons (Fsp3) is 0.200. The monoisotopic (exact) mass is 334 g/mol. The predicted octanol–water partition coefficient (Wildman–Crippen LogP) is 2.12. The number of thiazole rings is 1. The molecular formula is C15H14N2O5S. The van der Waals surface area contributed by atoms with Crippen molar-refractivity contribution in [3.8, 4) is 0 Å². The van der Waals surface area contributed by atoms with Crippen molar-refractivity contribution < 1.29 is 23.9 Å². The maximum atomic E-state index is 11.7. The van der Waals surface area contributed by atoms with Crippen molar-refractivity contribution in [3.63, 3.8) is 0 Å². The molecule has 0 aliphatic carbocycles. The number of esters is 1. The first-order valence-corrected chi connectivity index (χ1v) is 7.44. The molecule has 0 saturated heterocycles. The minimum absolute atomic E-state index is 0.648. The summed E-state index contributed by atoms with van der Waals surface area (Å²) >= 11 is 1.43. The summed E-state index contributed by atoms with van der Waals surface area (Å²) in [5.41, 5.74) is 0.844. The number of carbonyl (C=O) groups excluding carboxylic acids is 3. The Balaban J connectivity index is 1.93. The van der Waals surface area contributed by atoms with Crippen LogP contribution in [0.15, 0.2) is 30.3 Å². The summed E-state index contributed by atoms with van der Waals surface area (Å²) in [5.74, 6) is -1.48. The standard InChI is InChI=1S/C15H14N2O5S/c1-9(14(19)17-15(20)21-2)22-13(18)8-7-12-16-10-5-3-4-6-11(10)23-12/h3-9H,1-2H3,(H,17,19,20)/b8-7+/t9-/m1/s1. The predicted molar refractivity (Wildman–Crippen MR) is 84.8 cm³/mol. The van der Waals surface area contributed by atoms with E-state index in [9.17, 15) is 14.4 Å². The Labute approximate surface area is 135 Å². The van der Waals surface area contributed by atoms with Gasteiger partial charge < -0.3 is 9.47 Å². The van der Waals surface area contributed by atoms with Crippen LogP contribution < -0.4 is 5.32 Å². The summed E-state index contributed by atoms with van der Waals surface area (Å²) < 4.78 is 10.2. The second-order valence-electron chi connectivity index (χ2n) is 4.41. The van der Waals surface area contributed by atoms with Gasteiger partial charge in [-0.1, -0.05) is 12.1 Å². The van der Waals surface area contributed by atoms with Crippen molar-refractivity contribution in [3.05, 3.63) is 35.3 Å². The number of aromatic nitrogens is 1. The molecule has 1 heterocycles. The molecule has 0 fully saturated rings. The highest BCUT2D eigenvalue weighted by Crippen LogP contribution is 2.22. The molecule has 2 aromatic rings. The Bertz CT molecular complexity index is 735. The van der Waals surface area contributed by atoms with Gasteiger partial charge in [0.2, 0.25) is 0 Å². The SMILES string of the molecule is COC(=O)NC(=O)[C@@H](C)OC(=O)/C=C/c1nc2ccccc2s1. The van der Waals surface area contributed by atoms with Crippen molar-refractivity contribution in [2.45, 2.75) is 13.0 Å². The van der Waals surface area contributed by atoms with Crippen LogP contribution in [-0.4, -0.2) is 36.2 Å². The Morgan fingerprint density at radius 1 is 1.30 bits per heavy atom. The quantitative estimate of drug-likeness (QED) is 0.680. The van der Waals surface area contributed by atoms with Crippen molar-refractivity contribution in [1.82, 2.24) is 10.3 Å². The lowest BCUT2D eigenvalue weighted by molar-refractivity contribution is -0.149. The molecular weight excluding hydrogens is 320 g/mol. The van der Waals surface area contributed by atoms with Gasteiger partial charge in [0.25, 0.3) is 5.91 Å². The number of fused-ring (bicyclic) bond motifs is 1. The van der Waals surface area contributed by atoms with Crippen LogP contribution in [-0.2, 0) is 19.1 Å². The van der Waals surface area contributed by atoms with Gasteiger partial charge in [0.15, 0.2) is 6.10 Å². The highest BCUT2D eigenvalue weighted by molar-refractivity contribution is 7.19. The molecule has 0 aliphatic heterocycles. The first-order valence-electron chi connectivity index (χ1n) is 6.62. The Kier molecular flexibility index (Phi) is 5.42. The van der Waals surface area contributed by atoms with Crippen LogP contribution in [0.5, 0.6) is 0 Å². The fourth-order valence-corrected chi connectivity index (χ4v) is 2.49. The van der Waals surface area contributed by atoms with Crippen molar-refractivity contribution in [2.75, 3.05) is 7.11 Å². The summed E-state index contributed by atoms with van der Waals surface area (Å²) in [6.45, 7) is 1.35. The van der Waals surface area contributed by atoms with Gasteiger partial charge in [-0.25, -0.2) is 14.6 Å². The third-order valence-corrected chi connectivity index (χ3v) is 3.75. The molecule has 1 aromatic carbocycles. The number of hydrogen-bond acceptors (Lipinski definition) is 7. The number of hydrogen-bond donors (Lipinski definition) is 1. The van der Waals surface area contributed by atoms with Gasteiger partial charge >= 0.3 is 12.1 Å². The summed E-state index contributed by atoms with van der Waals surface area (Å²) in [6.07, 6.45) is 0.655. The normalized spacial score (nSPS) is 12.1. The zero-order valence-electron chi connectivity index (χ0n) is 12.4. The highest BCUT2D eigenvalue weighted by Gasteiger charge is 2.19. The van der Waals surface area contributed by atoms with E-state index in [0.29, 0.717) is 5.01 Å². The first kappa shape index (κ1) is 16.6. The van der Waals surface area contributed by atoms with Crippen molar-refractivity contribution in [1.29, 1.82) is 0 Å². The molecule has 0 radical (unpaired) electrons. The molecule has 1 aromatic heterocycles. The van der Waals surface area contributed by atoms with Crippen LogP contribution in [0.2, 0.25) is 0 Å². The van der Waals surface area contributed by atoms with E-state index in [4.69, 9.17) is 4.74 Å². The molecule has 23 heavy (non-hydrogen) atoms. The minimum Gasteiger partial charge on any atom is -0.453 e. The van der Waals surface area contributed by atoms with Gasteiger partial charge in [-0.3, -0.25) is 10.1 Å². The number of methoxy groups -OCH3 is 1. The number of nitrogens with one attached hydrogen (secondary N) is 1. The van der Waals surface area contributed by atoms with Crippen LogP contribution in [0.4, 0.5) is 4.79 Å². The Morgan fingerprint density at radius 2 is 2.04 bits per heavy atom. The molecule has 0 aliphatic rings. The van der Waals surface area contributed by atoms with E-state index in [-0.39, 0.29) is 0 Å². The lowest BCUT2D eigenvalue weighted by Gasteiger charge is -2.10. The maximum absolute atomic E-state index is 11.7. The Morgan fingerprint density at radius 3 is 2.74 bits per heavy atom. The molecule has 8 heteroatoms. The van der Waals surface area contributed by atoms with E-state index >= 15 is 0 Å². The van der Waals surface area contributed by atoms with Crippen LogP contribution in [0, 0.1) is 0 Å². The lowest BCUT2D eigenvalue weighted by atomic mass is 10.3. The van der Waals surface area contributed by atoms with E-state index in [1.165, 1.54) is 30.4 Å². The van der Waals surface area contributed by atoms with E-state index in [2.05, 4.69) is 9.72 Å². The number of rotatable bonds is 4. The van der Waals surface area contributed by atoms with Gasteiger partial charge in [0.05, 0.1) is 17.3 Å². The van der Waals surface area contributed by atoms with Gasteiger partial charge in [-0.2, -0.15) is 0 Å². The number of ether oxygens (including phenoxy) is 2. The van der Waals surface area contributed by atoms with Gasteiger partial charge in [0, 0.05) is 6.08 Å². The van der Waals surface area contributed by atoms with Crippen LogP contribution in [0.1, 0.15) is 11.9 Å². The molecule has 1 N–H and O–H groups in total. The molecule has 0 saturated carbocycles. The molecule has 0 bridgehead atoms. The average molecular weight is 334 g/mol. The zero-order valence-corrected chi connectivity index (χ0v) is 13.3. The van der Waals surface area contributed by atoms with E-state index < -0.39 is 24.1 Å². The number of carbonyl (C=O) groups is 3. The molecule has 7 nitrogen and oxygen atoms in total. The van der Waals surface area contributed by atoms with Crippen LogP contribution >= 0.6 is 11.3 Å². The molecule has 120 valence electrons. The third-order valence-electron chi connectivity index (χ3n) is 2.75. The van der Waals surface area contributed by atoms with Gasteiger partial charge in [-0.05, 0) is 25.1 Å². The zero-order chi connectivity index (χ0) is 16.8. The van der Waals surface area contributed by atoms with E-state index in [0.717, 1.165) is 17.3 Å². The van der Waals surface area contributed by atoms with Crippen molar-refractivity contribution >= 4 is 45.6 Å². The fourth-order valence-electron chi connectivity index (χ4n) is 1.62. The number of amides is 2. The summed E-state index contributed by atoms with van der Waals surface area (Å²) in [7, 11) is 1.13. The van der Waals surface area contributed by atoms with E-state index in [1.807, 2.05) is 29.6 Å². The largest absolute Gasteiger partial charge is 0.453 e. The molecule has 2 rings (SSSR count). The molecule has 2 amide bonds. The topological polar surface area (TPSA) is 94.6 Å². The van der Waals surface area contributed by atoms with E-state index in [1.54, 1.807) is 0 Å². The second kappa shape index (κ2) is 7.50. The average Bonchev–Trinajstić information content (AvgIpc) is 2.95. The first-order chi connectivity index (χ1) is 11.0. The lowest BCUT2D eigenvalue weighted by Crippen LogP contribution is -2.39. The van der Waals surface area contributed by atoms with Crippen LogP contribution in [0.3, 0.4) is 0 Å². The third kappa shape index (κ3) is 4.62. The van der Waals surface area contributed by atoms with Crippen molar-refractivity contribution in [2.24, 2.45) is 0 Å². The number of benzene rings is 1. The Hall–Kier alpha value is -2.74. The number of imide groups is 1. The number of alkyl carbamates (subject to hydrolysis) is 1. The van der Waals surface area contributed by atoms with Gasteiger partial charge in [-0.15, -0.1) is 11.3 Å². The summed E-state index contributed by atoms with van der Waals surface area (Å²) in [5, 5.41) is 2.56. The number of para-hydroxylation sites is 1. The molecule has 1 atom stereocenters. The van der Waals surface area contributed by atoms with Gasteiger partial charge in [0.1, 0.15) is 5.01 Å². The number of nitrogens with zero attached hydrogens (tertiary/aromatic N) is 1. The summed E-state index contributed by atoms with van der Waals surface area (Å²) in [4.78, 5) is 38.4.